The van der Waals surface area contributed by atoms with Crippen LogP contribution in [0.15, 0.2) is 30.3 Å². The molecule has 1 unspecified atom stereocenters. The molecular formula is C34H44F6N2O6. The van der Waals surface area contributed by atoms with Crippen LogP contribution in [-0.4, -0.2) is 57.7 Å². The predicted octanol–water partition coefficient (Wildman–Crippen LogP) is 7.89. The van der Waals surface area contributed by atoms with Gasteiger partial charge in [0.1, 0.15) is 11.3 Å². The minimum atomic E-state index is -6.02. The molecule has 1 atom stereocenters. The van der Waals surface area contributed by atoms with E-state index in [9.17, 15) is 51.3 Å². The van der Waals surface area contributed by atoms with Crippen molar-refractivity contribution in [3.63, 3.8) is 0 Å². The van der Waals surface area contributed by atoms with Crippen molar-refractivity contribution in [1.29, 1.82) is 0 Å². The van der Waals surface area contributed by atoms with Gasteiger partial charge in [0.2, 0.25) is 0 Å². The molecule has 0 saturated carbocycles. The zero-order valence-electron chi connectivity index (χ0n) is 27.4. The quantitative estimate of drug-likeness (QED) is 0.0580. The van der Waals surface area contributed by atoms with Gasteiger partial charge in [0.15, 0.2) is 11.5 Å². The Hall–Kier alpha value is -3.68. The molecule has 0 radical (unpaired) electrons. The van der Waals surface area contributed by atoms with Crippen molar-refractivity contribution in [1.82, 2.24) is 10.2 Å². The number of halogens is 6. The van der Waals surface area contributed by atoms with Crippen molar-refractivity contribution in [2.45, 2.75) is 115 Å². The second-order valence-corrected chi connectivity index (χ2v) is 12.4. The average Bonchev–Trinajstić information content (AvgIpc) is 3.22. The van der Waals surface area contributed by atoms with Crippen molar-refractivity contribution in [3.05, 3.63) is 52.6 Å². The van der Waals surface area contributed by atoms with Gasteiger partial charge < -0.3 is 25.4 Å². The van der Waals surface area contributed by atoms with Crippen LogP contribution < -0.4 is 10.1 Å². The summed E-state index contributed by atoms with van der Waals surface area (Å²) in [6.45, 7) is 5.21. The number of urea groups is 1. The first kappa shape index (κ1) is 38.8. The minimum absolute atomic E-state index is 0.00484. The Bertz CT molecular complexity index is 1420. The third-order valence-electron chi connectivity index (χ3n) is 8.65. The molecule has 268 valence electrons. The first-order chi connectivity index (χ1) is 22.4. The third-order valence-corrected chi connectivity index (χ3v) is 8.65. The number of imide groups is 1. The number of alkyl halides is 6. The minimum Gasteiger partial charge on any atom is -0.504 e. The van der Waals surface area contributed by atoms with Crippen LogP contribution in [0.3, 0.4) is 0 Å². The molecule has 8 nitrogen and oxygen atoms in total. The Morgan fingerprint density at radius 3 is 1.98 bits per heavy atom. The number of carbonyl (C=O) groups excluding carboxylic acids is 2. The summed E-state index contributed by atoms with van der Waals surface area (Å²) in [5.41, 5.74) is -7.34. The average molecular weight is 691 g/mol. The van der Waals surface area contributed by atoms with Crippen LogP contribution in [0.2, 0.25) is 0 Å². The number of ether oxygens (including phenoxy) is 1. The SMILES string of the molecule is CCCCCCCCc1cc(C(O)(C(F)(F)F)C(F)(F)F)cc(CCC)c1OCCCCN1C(=O)NC(C)(c2ccc(O)c(O)c2)C1=O. The number of nitrogens with zero attached hydrogens (tertiary/aromatic N) is 1. The number of carbonyl (C=O) groups is 2. The van der Waals surface area contributed by atoms with E-state index >= 15 is 0 Å². The molecule has 3 rings (SSSR count). The normalized spacial score (nSPS) is 17.2. The molecule has 1 heterocycles. The van der Waals surface area contributed by atoms with Gasteiger partial charge in [0.25, 0.3) is 11.5 Å². The molecule has 1 aliphatic heterocycles. The van der Waals surface area contributed by atoms with Gasteiger partial charge in [-0.1, -0.05) is 58.4 Å². The van der Waals surface area contributed by atoms with Crippen molar-refractivity contribution in [2.24, 2.45) is 0 Å². The van der Waals surface area contributed by atoms with E-state index in [4.69, 9.17) is 4.74 Å². The second kappa shape index (κ2) is 15.7. The number of phenolic OH excluding ortho intramolecular Hbond substituents is 2. The summed E-state index contributed by atoms with van der Waals surface area (Å²) in [5, 5.41) is 32.2. The zero-order chi connectivity index (χ0) is 35.9. The molecule has 4 N–H and O–H groups in total. The highest BCUT2D eigenvalue weighted by Crippen LogP contribution is 2.51. The molecule has 0 aromatic heterocycles. The van der Waals surface area contributed by atoms with Crippen LogP contribution in [0.5, 0.6) is 17.2 Å². The molecule has 48 heavy (non-hydrogen) atoms. The van der Waals surface area contributed by atoms with E-state index in [2.05, 4.69) is 5.32 Å². The molecule has 3 amide bonds. The number of phenols is 2. The lowest BCUT2D eigenvalue weighted by molar-refractivity contribution is -0.376. The van der Waals surface area contributed by atoms with E-state index in [-0.39, 0.29) is 67.0 Å². The number of rotatable bonds is 17. The van der Waals surface area contributed by atoms with Crippen molar-refractivity contribution in [3.8, 4) is 17.2 Å². The fourth-order valence-corrected chi connectivity index (χ4v) is 5.85. The Labute approximate surface area is 276 Å². The maximum Gasteiger partial charge on any atom is 0.430 e. The highest BCUT2D eigenvalue weighted by molar-refractivity contribution is 6.07. The fraction of sp³-hybridized carbons (Fsp3) is 0.588. The third kappa shape index (κ3) is 8.30. The highest BCUT2D eigenvalue weighted by Gasteiger charge is 2.71. The Kier molecular flexibility index (Phi) is 12.7. The first-order valence-corrected chi connectivity index (χ1v) is 16.2. The summed E-state index contributed by atoms with van der Waals surface area (Å²) >= 11 is 0. The van der Waals surface area contributed by atoms with Crippen LogP contribution >= 0.6 is 0 Å². The van der Waals surface area contributed by atoms with E-state index in [0.29, 0.717) is 19.3 Å². The first-order valence-electron chi connectivity index (χ1n) is 16.2. The standard InChI is InChI=1S/C34H44F6N2O6/c1-4-6-7-8-9-10-14-23-20-25(32(47,33(35,36)37)34(38,39)40)19-22(13-5-2)28(23)48-18-12-11-17-42-29(45)31(3,41-30(42)46)24-15-16-26(43)27(44)21-24/h15-16,19-21,43-44,47H,4-14,17-18H2,1-3H3,(H,41,46). The van der Waals surface area contributed by atoms with E-state index < -0.39 is 46.7 Å². The molecule has 0 spiro atoms. The van der Waals surface area contributed by atoms with Gasteiger partial charge in [0.05, 0.1) is 6.61 Å². The Morgan fingerprint density at radius 2 is 1.40 bits per heavy atom. The number of unbranched alkanes of at least 4 members (excludes halogenated alkanes) is 6. The number of hydrogen-bond donors (Lipinski definition) is 4. The highest BCUT2D eigenvalue weighted by atomic mass is 19.4. The molecule has 1 saturated heterocycles. The largest absolute Gasteiger partial charge is 0.504 e. The van der Waals surface area contributed by atoms with Crippen molar-refractivity contribution >= 4 is 11.9 Å². The van der Waals surface area contributed by atoms with Crippen LogP contribution in [0.25, 0.3) is 0 Å². The van der Waals surface area contributed by atoms with Crippen LogP contribution in [-0.2, 0) is 28.8 Å². The molecule has 2 aromatic rings. The lowest BCUT2D eigenvalue weighted by Gasteiger charge is -2.33. The van der Waals surface area contributed by atoms with Gasteiger partial charge in [0, 0.05) is 12.1 Å². The van der Waals surface area contributed by atoms with E-state index in [1.807, 2.05) is 6.92 Å². The monoisotopic (exact) mass is 690 g/mol. The van der Waals surface area contributed by atoms with Gasteiger partial charge in [-0.15, -0.1) is 0 Å². The van der Waals surface area contributed by atoms with Gasteiger partial charge >= 0.3 is 18.4 Å². The lowest BCUT2D eigenvalue weighted by Crippen LogP contribution is -2.54. The van der Waals surface area contributed by atoms with Crippen LogP contribution in [0.1, 0.15) is 101 Å². The van der Waals surface area contributed by atoms with E-state index in [1.165, 1.54) is 25.1 Å². The summed E-state index contributed by atoms with van der Waals surface area (Å²) in [7, 11) is 0. The molecular weight excluding hydrogens is 646 g/mol. The van der Waals surface area contributed by atoms with Crippen molar-refractivity contribution < 1.29 is 56.0 Å². The summed E-state index contributed by atoms with van der Waals surface area (Å²) in [5.74, 6) is -1.25. The smallest absolute Gasteiger partial charge is 0.430 e. The van der Waals surface area contributed by atoms with E-state index in [1.54, 1.807) is 6.92 Å². The zero-order valence-corrected chi connectivity index (χ0v) is 27.4. The van der Waals surface area contributed by atoms with Crippen LogP contribution in [0.4, 0.5) is 31.1 Å². The van der Waals surface area contributed by atoms with Crippen LogP contribution in [0, 0.1) is 0 Å². The molecule has 1 aliphatic rings. The predicted molar refractivity (Wildman–Crippen MR) is 166 cm³/mol. The maximum atomic E-state index is 13.8. The summed E-state index contributed by atoms with van der Waals surface area (Å²) < 4.78 is 89.0. The number of amides is 3. The van der Waals surface area contributed by atoms with Crippen molar-refractivity contribution in [2.75, 3.05) is 13.2 Å². The maximum absolute atomic E-state index is 13.8. The number of aryl methyl sites for hydroxylation is 2. The number of aliphatic hydroxyl groups is 1. The summed E-state index contributed by atoms with van der Waals surface area (Å²) in [4.78, 5) is 26.9. The summed E-state index contributed by atoms with van der Waals surface area (Å²) in [6.07, 6.45) is -5.81. The Morgan fingerprint density at radius 1 is 0.792 bits per heavy atom. The molecule has 14 heteroatoms. The fourth-order valence-electron chi connectivity index (χ4n) is 5.85. The number of aromatic hydroxyl groups is 2. The Balaban J connectivity index is 1.79. The topological polar surface area (TPSA) is 119 Å². The van der Waals surface area contributed by atoms with Gasteiger partial charge in [-0.05, 0) is 80.0 Å². The molecule has 0 bridgehead atoms. The lowest BCUT2D eigenvalue weighted by atomic mass is 9.87. The van der Waals surface area contributed by atoms with Gasteiger partial charge in [-0.2, -0.15) is 26.3 Å². The number of hydrogen-bond acceptors (Lipinski definition) is 6. The molecule has 2 aromatic carbocycles. The second-order valence-electron chi connectivity index (χ2n) is 12.4. The molecule has 1 fully saturated rings. The van der Waals surface area contributed by atoms with Gasteiger partial charge in [-0.25, -0.2) is 4.79 Å². The molecule has 0 aliphatic carbocycles. The number of benzene rings is 2. The van der Waals surface area contributed by atoms with E-state index in [0.717, 1.165) is 42.7 Å². The van der Waals surface area contributed by atoms with Gasteiger partial charge in [-0.3, -0.25) is 9.69 Å². The summed E-state index contributed by atoms with van der Waals surface area (Å²) in [6, 6.07) is 4.58. The number of nitrogens with one attached hydrogen (secondary N) is 1.